The average molecular weight is 272 g/mol. The fourth-order valence-electron chi connectivity index (χ4n) is 2.51. The van der Waals surface area contributed by atoms with Gasteiger partial charge in [-0.3, -0.25) is 4.79 Å². The summed E-state index contributed by atoms with van der Waals surface area (Å²) in [6.45, 7) is 0.788. The number of hydrogen-bond donors (Lipinski definition) is 0. The van der Waals surface area contributed by atoms with Gasteiger partial charge < -0.3 is 4.90 Å². The third-order valence-electron chi connectivity index (χ3n) is 3.58. The van der Waals surface area contributed by atoms with Crippen molar-refractivity contribution in [1.82, 2.24) is 4.90 Å². The van der Waals surface area contributed by atoms with Crippen LogP contribution in [0.2, 0.25) is 5.02 Å². The van der Waals surface area contributed by atoms with E-state index in [9.17, 15) is 4.79 Å². The van der Waals surface area contributed by atoms with Gasteiger partial charge in [0.05, 0.1) is 5.56 Å². The molecule has 0 saturated heterocycles. The fraction of sp³-hybridized carbons (Fsp3) is 0.188. The number of amides is 1. The second-order valence-corrected chi connectivity index (χ2v) is 5.26. The van der Waals surface area contributed by atoms with Crippen LogP contribution in [0.25, 0.3) is 11.1 Å². The van der Waals surface area contributed by atoms with E-state index in [1.807, 2.05) is 49.5 Å². The van der Waals surface area contributed by atoms with Gasteiger partial charge in [0.15, 0.2) is 0 Å². The SMILES string of the molecule is CN1CCc2cccc(-c3ccc(Cl)cc3)c2C1=O. The Bertz CT molecular complexity index is 634. The van der Waals surface area contributed by atoms with Crippen LogP contribution in [0.5, 0.6) is 0 Å². The van der Waals surface area contributed by atoms with Crippen molar-refractivity contribution in [3.8, 4) is 11.1 Å². The molecule has 3 rings (SSSR count). The Hall–Kier alpha value is -1.80. The van der Waals surface area contributed by atoms with E-state index >= 15 is 0 Å². The largest absolute Gasteiger partial charge is 0.341 e. The summed E-state index contributed by atoms with van der Waals surface area (Å²) in [7, 11) is 1.85. The third kappa shape index (κ3) is 2.13. The summed E-state index contributed by atoms with van der Waals surface area (Å²) in [6, 6.07) is 13.7. The van der Waals surface area contributed by atoms with Crippen LogP contribution in [0.4, 0.5) is 0 Å². The zero-order chi connectivity index (χ0) is 13.4. The molecule has 2 aromatic carbocycles. The maximum atomic E-state index is 12.4. The van der Waals surface area contributed by atoms with Crippen LogP contribution in [-0.2, 0) is 6.42 Å². The maximum absolute atomic E-state index is 12.4. The number of carbonyl (C=O) groups excluding carboxylic acids is 1. The number of likely N-dealkylation sites (N-methyl/N-ethyl adjacent to an activating group) is 1. The Morgan fingerprint density at radius 2 is 1.84 bits per heavy atom. The lowest BCUT2D eigenvalue weighted by atomic mass is 9.91. The molecule has 2 aromatic rings. The fourth-order valence-corrected chi connectivity index (χ4v) is 2.64. The molecule has 2 nitrogen and oxygen atoms in total. The highest BCUT2D eigenvalue weighted by Crippen LogP contribution is 2.30. The van der Waals surface area contributed by atoms with Crippen molar-refractivity contribution in [3.63, 3.8) is 0 Å². The molecule has 0 saturated carbocycles. The summed E-state index contributed by atoms with van der Waals surface area (Å²) >= 11 is 5.92. The number of fused-ring (bicyclic) bond motifs is 1. The minimum atomic E-state index is 0.104. The van der Waals surface area contributed by atoms with E-state index in [4.69, 9.17) is 11.6 Å². The predicted molar refractivity (Wildman–Crippen MR) is 77.6 cm³/mol. The lowest BCUT2D eigenvalue weighted by molar-refractivity contribution is 0.0782. The van der Waals surface area contributed by atoms with E-state index in [0.29, 0.717) is 5.02 Å². The maximum Gasteiger partial charge on any atom is 0.254 e. The number of benzene rings is 2. The molecule has 1 aliphatic heterocycles. The first-order valence-electron chi connectivity index (χ1n) is 6.30. The van der Waals surface area contributed by atoms with Crippen molar-refractivity contribution in [3.05, 3.63) is 58.6 Å². The van der Waals surface area contributed by atoms with Gasteiger partial charge in [-0.05, 0) is 35.2 Å². The highest BCUT2D eigenvalue weighted by Gasteiger charge is 2.24. The first kappa shape index (κ1) is 12.2. The Balaban J connectivity index is 2.18. The van der Waals surface area contributed by atoms with Crippen LogP contribution in [0.1, 0.15) is 15.9 Å². The molecule has 3 heteroatoms. The van der Waals surface area contributed by atoms with Crippen molar-refractivity contribution in [2.24, 2.45) is 0 Å². The van der Waals surface area contributed by atoms with Gasteiger partial charge in [-0.15, -0.1) is 0 Å². The van der Waals surface area contributed by atoms with Crippen molar-refractivity contribution in [1.29, 1.82) is 0 Å². The molecule has 0 atom stereocenters. The normalized spacial score (nSPS) is 14.4. The van der Waals surface area contributed by atoms with E-state index in [2.05, 4.69) is 0 Å². The number of halogens is 1. The van der Waals surface area contributed by atoms with Crippen molar-refractivity contribution in [2.75, 3.05) is 13.6 Å². The lowest BCUT2D eigenvalue weighted by Crippen LogP contribution is -2.34. The zero-order valence-electron chi connectivity index (χ0n) is 10.7. The first-order chi connectivity index (χ1) is 9.16. The molecular formula is C16H14ClNO. The van der Waals surface area contributed by atoms with Crippen molar-refractivity contribution in [2.45, 2.75) is 6.42 Å². The molecule has 0 unspecified atom stereocenters. The van der Waals surface area contributed by atoms with E-state index in [1.54, 1.807) is 4.90 Å². The van der Waals surface area contributed by atoms with Crippen molar-refractivity contribution >= 4 is 17.5 Å². The number of nitrogens with zero attached hydrogens (tertiary/aromatic N) is 1. The molecule has 1 aliphatic rings. The van der Waals surface area contributed by atoms with Gasteiger partial charge in [-0.2, -0.15) is 0 Å². The van der Waals surface area contributed by atoms with Crippen LogP contribution >= 0.6 is 11.6 Å². The highest BCUT2D eigenvalue weighted by atomic mass is 35.5. The molecule has 0 spiro atoms. The summed E-state index contributed by atoms with van der Waals surface area (Å²) in [5.74, 6) is 0.104. The standard InChI is InChI=1S/C16H14ClNO/c1-18-10-9-12-3-2-4-14(15(12)16(18)19)11-5-7-13(17)8-6-11/h2-8H,9-10H2,1H3. The molecule has 0 N–H and O–H groups in total. The van der Waals surface area contributed by atoms with E-state index in [1.165, 1.54) is 0 Å². The van der Waals surface area contributed by atoms with Gasteiger partial charge in [0.1, 0.15) is 0 Å². The first-order valence-corrected chi connectivity index (χ1v) is 6.68. The van der Waals surface area contributed by atoms with Crippen LogP contribution in [0, 0.1) is 0 Å². The van der Waals surface area contributed by atoms with E-state index in [0.717, 1.165) is 35.2 Å². The van der Waals surface area contributed by atoms with Crippen LogP contribution in [0.3, 0.4) is 0 Å². The van der Waals surface area contributed by atoms with E-state index in [-0.39, 0.29) is 5.91 Å². The predicted octanol–water partition coefficient (Wildman–Crippen LogP) is 3.64. The minimum absolute atomic E-state index is 0.104. The molecule has 19 heavy (non-hydrogen) atoms. The molecule has 96 valence electrons. The van der Waals surface area contributed by atoms with Gasteiger partial charge in [0, 0.05) is 18.6 Å². The number of rotatable bonds is 1. The van der Waals surface area contributed by atoms with E-state index < -0.39 is 0 Å². The molecule has 0 radical (unpaired) electrons. The van der Waals surface area contributed by atoms with Crippen LogP contribution < -0.4 is 0 Å². The molecule has 0 aliphatic carbocycles. The second kappa shape index (κ2) is 4.71. The quantitative estimate of drug-likeness (QED) is 0.775. The number of carbonyl (C=O) groups is 1. The van der Waals surface area contributed by atoms with Gasteiger partial charge >= 0.3 is 0 Å². The minimum Gasteiger partial charge on any atom is -0.341 e. The molecular weight excluding hydrogens is 258 g/mol. The monoisotopic (exact) mass is 271 g/mol. The van der Waals surface area contributed by atoms with Crippen LogP contribution in [0.15, 0.2) is 42.5 Å². The Kier molecular flexibility index (Phi) is 3.03. The summed E-state index contributed by atoms with van der Waals surface area (Å²) < 4.78 is 0. The molecule has 0 aromatic heterocycles. The summed E-state index contributed by atoms with van der Waals surface area (Å²) in [6.07, 6.45) is 0.916. The van der Waals surface area contributed by atoms with Crippen molar-refractivity contribution < 1.29 is 4.79 Å². The highest BCUT2D eigenvalue weighted by molar-refractivity contribution is 6.30. The molecule has 0 bridgehead atoms. The summed E-state index contributed by atoms with van der Waals surface area (Å²) in [5.41, 5.74) is 3.99. The third-order valence-corrected chi connectivity index (χ3v) is 3.84. The summed E-state index contributed by atoms with van der Waals surface area (Å²) in [5, 5.41) is 0.706. The topological polar surface area (TPSA) is 20.3 Å². The second-order valence-electron chi connectivity index (χ2n) is 4.82. The molecule has 1 amide bonds. The molecule has 1 heterocycles. The van der Waals surface area contributed by atoms with Gasteiger partial charge in [-0.1, -0.05) is 41.9 Å². The number of hydrogen-bond acceptors (Lipinski definition) is 1. The zero-order valence-corrected chi connectivity index (χ0v) is 11.4. The molecule has 0 fully saturated rings. The Labute approximate surface area is 117 Å². The van der Waals surface area contributed by atoms with Gasteiger partial charge in [-0.25, -0.2) is 0 Å². The lowest BCUT2D eigenvalue weighted by Gasteiger charge is -2.26. The van der Waals surface area contributed by atoms with Gasteiger partial charge in [0.25, 0.3) is 5.91 Å². The smallest absolute Gasteiger partial charge is 0.254 e. The summed E-state index contributed by atoms with van der Waals surface area (Å²) in [4.78, 5) is 14.2. The average Bonchev–Trinajstić information content (AvgIpc) is 2.43. The van der Waals surface area contributed by atoms with Crippen LogP contribution in [-0.4, -0.2) is 24.4 Å². The Morgan fingerprint density at radius 3 is 2.58 bits per heavy atom. The Morgan fingerprint density at radius 1 is 1.11 bits per heavy atom. The van der Waals surface area contributed by atoms with Gasteiger partial charge in [0.2, 0.25) is 0 Å².